The fraction of sp³-hybridized carbons (Fsp3) is 0.467. The molecular weight excluding hydrogens is 240 g/mol. The molecule has 1 aromatic rings. The van der Waals surface area contributed by atoms with Crippen LogP contribution in [0.5, 0.6) is 5.88 Å². The Hall–Kier alpha value is -1.84. The summed E-state index contributed by atoms with van der Waals surface area (Å²) < 4.78 is 5.56. The van der Waals surface area contributed by atoms with Crippen molar-refractivity contribution in [2.45, 2.75) is 45.4 Å². The van der Waals surface area contributed by atoms with Gasteiger partial charge in [-0.05, 0) is 44.4 Å². The van der Waals surface area contributed by atoms with Gasteiger partial charge in [0.05, 0.1) is 6.10 Å². The molecule has 0 spiro atoms. The van der Waals surface area contributed by atoms with Crippen LogP contribution >= 0.6 is 0 Å². The van der Waals surface area contributed by atoms with Gasteiger partial charge in [0, 0.05) is 24.8 Å². The molecule has 1 aromatic heterocycles. The molecular formula is C15H20N2O2. The quantitative estimate of drug-likeness (QED) is 0.738. The van der Waals surface area contributed by atoms with E-state index in [9.17, 15) is 4.79 Å². The minimum Gasteiger partial charge on any atom is -0.475 e. The maximum Gasteiger partial charge on any atom is 0.246 e. The zero-order valence-corrected chi connectivity index (χ0v) is 11.5. The number of ether oxygens (including phenoxy) is 1. The van der Waals surface area contributed by atoms with Gasteiger partial charge in [0.2, 0.25) is 11.8 Å². The summed E-state index contributed by atoms with van der Waals surface area (Å²) in [7, 11) is 0. The van der Waals surface area contributed by atoms with Gasteiger partial charge in [-0.25, -0.2) is 4.98 Å². The Balaban J connectivity index is 2.08. The van der Waals surface area contributed by atoms with E-state index in [0.717, 1.165) is 18.4 Å². The van der Waals surface area contributed by atoms with E-state index in [-0.39, 0.29) is 12.0 Å². The number of rotatable bonds is 6. The number of nitrogens with zero attached hydrogens (tertiary/aromatic N) is 2. The molecule has 1 aliphatic carbocycles. The minimum atomic E-state index is -0.00867. The van der Waals surface area contributed by atoms with Crippen LogP contribution in [0.2, 0.25) is 0 Å². The molecule has 0 radical (unpaired) electrons. The van der Waals surface area contributed by atoms with Gasteiger partial charge in [-0.1, -0.05) is 6.58 Å². The topological polar surface area (TPSA) is 42.4 Å². The van der Waals surface area contributed by atoms with Crippen molar-refractivity contribution in [3.63, 3.8) is 0 Å². The van der Waals surface area contributed by atoms with Crippen LogP contribution in [0.1, 0.15) is 32.3 Å². The summed E-state index contributed by atoms with van der Waals surface area (Å²) in [6.45, 7) is 8.08. The van der Waals surface area contributed by atoms with E-state index in [4.69, 9.17) is 4.74 Å². The van der Waals surface area contributed by atoms with Gasteiger partial charge in [-0.2, -0.15) is 0 Å². The lowest BCUT2D eigenvalue weighted by molar-refractivity contribution is -0.127. The Bertz CT molecular complexity index is 467. The number of amides is 1. The van der Waals surface area contributed by atoms with Crippen molar-refractivity contribution in [1.29, 1.82) is 0 Å². The molecule has 1 fully saturated rings. The summed E-state index contributed by atoms with van der Waals surface area (Å²) in [6.07, 6.45) is 5.36. The maximum absolute atomic E-state index is 11.8. The third kappa shape index (κ3) is 3.81. The van der Waals surface area contributed by atoms with E-state index in [0.29, 0.717) is 18.5 Å². The molecule has 0 saturated heterocycles. The van der Waals surface area contributed by atoms with Crippen molar-refractivity contribution in [1.82, 2.24) is 9.88 Å². The zero-order valence-electron chi connectivity index (χ0n) is 11.5. The lowest BCUT2D eigenvalue weighted by Gasteiger charge is -2.21. The fourth-order valence-electron chi connectivity index (χ4n) is 1.94. The summed E-state index contributed by atoms with van der Waals surface area (Å²) in [4.78, 5) is 17.9. The monoisotopic (exact) mass is 260 g/mol. The molecule has 2 rings (SSSR count). The van der Waals surface area contributed by atoms with E-state index in [1.807, 2.05) is 30.9 Å². The van der Waals surface area contributed by atoms with Gasteiger partial charge in [0.25, 0.3) is 0 Å². The van der Waals surface area contributed by atoms with Crippen LogP contribution in [-0.2, 0) is 11.3 Å². The Labute approximate surface area is 114 Å². The highest BCUT2D eigenvalue weighted by atomic mass is 16.5. The second kappa shape index (κ2) is 5.87. The van der Waals surface area contributed by atoms with Gasteiger partial charge in [0.15, 0.2) is 0 Å². The summed E-state index contributed by atoms with van der Waals surface area (Å²) in [5.74, 6) is 0.597. The molecule has 1 amide bonds. The van der Waals surface area contributed by atoms with Crippen LogP contribution in [-0.4, -0.2) is 27.9 Å². The highest BCUT2D eigenvalue weighted by Gasteiger charge is 2.31. The molecule has 1 saturated carbocycles. The average Bonchev–Trinajstić information content (AvgIpc) is 3.19. The van der Waals surface area contributed by atoms with Crippen LogP contribution in [0.4, 0.5) is 0 Å². The first-order chi connectivity index (χ1) is 9.10. The zero-order chi connectivity index (χ0) is 13.8. The largest absolute Gasteiger partial charge is 0.475 e. The molecule has 0 bridgehead atoms. The molecule has 4 nitrogen and oxygen atoms in total. The molecule has 102 valence electrons. The van der Waals surface area contributed by atoms with Crippen LogP contribution in [0.3, 0.4) is 0 Å². The van der Waals surface area contributed by atoms with Gasteiger partial charge in [-0.3, -0.25) is 4.79 Å². The maximum atomic E-state index is 11.8. The first-order valence-corrected chi connectivity index (χ1v) is 6.64. The first kappa shape index (κ1) is 13.6. The van der Waals surface area contributed by atoms with Gasteiger partial charge >= 0.3 is 0 Å². The van der Waals surface area contributed by atoms with Crippen molar-refractivity contribution in [3.8, 4) is 5.88 Å². The lowest BCUT2D eigenvalue weighted by Crippen LogP contribution is -2.30. The third-order valence-electron chi connectivity index (χ3n) is 2.95. The van der Waals surface area contributed by atoms with Crippen molar-refractivity contribution in [2.75, 3.05) is 0 Å². The number of hydrogen-bond donors (Lipinski definition) is 0. The predicted molar refractivity (Wildman–Crippen MR) is 73.8 cm³/mol. The first-order valence-electron chi connectivity index (χ1n) is 6.64. The Morgan fingerprint density at radius 2 is 2.37 bits per heavy atom. The van der Waals surface area contributed by atoms with E-state index in [1.165, 1.54) is 6.08 Å². The molecule has 19 heavy (non-hydrogen) atoms. The number of aromatic nitrogens is 1. The number of hydrogen-bond acceptors (Lipinski definition) is 3. The van der Waals surface area contributed by atoms with Crippen LogP contribution in [0.15, 0.2) is 31.0 Å². The number of carbonyl (C=O) groups excluding carboxylic acids is 1. The average molecular weight is 260 g/mol. The molecule has 0 atom stereocenters. The molecule has 0 N–H and O–H groups in total. The summed E-state index contributed by atoms with van der Waals surface area (Å²) in [5, 5.41) is 0. The normalized spacial score (nSPS) is 14.3. The lowest BCUT2D eigenvalue weighted by atomic mass is 10.2. The summed E-state index contributed by atoms with van der Waals surface area (Å²) in [5.41, 5.74) is 1.03. The minimum absolute atomic E-state index is 0.00867. The Morgan fingerprint density at radius 3 is 2.95 bits per heavy atom. The van der Waals surface area contributed by atoms with Crippen molar-refractivity contribution < 1.29 is 9.53 Å². The second-order valence-corrected chi connectivity index (χ2v) is 5.07. The Morgan fingerprint density at radius 1 is 1.63 bits per heavy atom. The van der Waals surface area contributed by atoms with Crippen molar-refractivity contribution in [2.24, 2.45) is 0 Å². The van der Waals surface area contributed by atoms with Gasteiger partial charge in [0.1, 0.15) is 0 Å². The molecule has 0 unspecified atom stereocenters. The fourth-order valence-corrected chi connectivity index (χ4v) is 1.94. The smallest absolute Gasteiger partial charge is 0.246 e. The van der Waals surface area contributed by atoms with E-state index >= 15 is 0 Å². The van der Waals surface area contributed by atoms with Crippen molar-refractivity contribution >= 4 is 5.91 Å². The third-order valence-corrected chi connectivity index (χ3v) is 2.95. The molecule has 1 aliphatic rings. The summed E-state index contributed by atoms with van der Waals surface area (Å²) in [6, 6.07) is 4.18. The predicted octanol–water partition coefficient (Wildman–Crippen LogP) is 2.55. The molecule has 0 aliphatic heterocycles. The van der Waals surface area contributed by atoms with E-state index in [2.05, 4.69) is 11.6 Å². The number of pyridine rings is 1. The Kier molecular flexibility index (Phi) is 4.20. The van der Waals surface area contributed by atoms with E-state index < -0.39 is 0 Å². The summed E-state index contributed by atoms with van der Waals surface area (Å²) >= 11 is 0. The molecule has 0 aromatic carbocycles. The number of carbonyl (C=O) groups is 1. The van der Waals surface area contributed by atoms with Crippen LogP contribution < -0.4 is 4.74 Å². The highest BCUT2D eigenvalue weighted by molar-refractivity contribution is 5.87. The SMILES string of the molecule is C=CC(=O)N(Cc1ccnc(OC(C)C)c1)C1CC1. The molecule has 4 heteroatoms. The van der Waals surface area contributed by atoms with Crippen LogP contribution in [0, 0.1) is 0 Å². The van der Waals surface area contributed by atoms with E-state index in [1.54, 1.807) is 6.20 Å². The standard InChI is InChI=1S/C15H20N2O2/c1-4-15(18)17(13-5-6-13)10-12-7-8-16-14(9-12)19-11(2)3/h4,7-9,11,13H,1,5-6,10H2,2-3H3. The van der Waals surface area contributed by atoms with Crippen molar-refractivity contribution in [3.05, 3.63) is 36.5 Å². The highest BCUT2D eigenvalue weighted by Crippen LogP contribution is 2.29. The second-order valence-electron chi connectivity index (χ2n) is 5.07. The van der Waals surface area contributed by atoms with Crippen LogP contribution in [0.25, 0.3) is 0 Å². The van der Waals surface area contributed by atoms with Gasteiger partial charge in [-0.15, -0.1) is 0 Å². The molecule has 1 heterocycles. The van der Waals surface area contributed by atoms with Gasteiger partial charge < -0.3 is 9.64 Å².